The third kappa shape index (κ3) is 3.63. The minimum absolute atomic E-state index is 0.0987. The van der Waals surface area contributed by atoms with E-state index in [4.69, 9.17) is 4.74 Å². The van der Waals surface area contributed by atoms with Crippen molar-refractivity contribution in [2.45, 2.75) is 13.3 Å². The largest absolute Gasteiger partial charge is 0.382 e. The molecule has 0 bridgehead atoms. The summed E-state index contributed by atoms with van der Waals surface area (Å²) in [6.07, 6.45) is 0.803. The molecule has 1 aromatic heterocycles. The average Bonchev–Trinajstić information content (AvgIpc) is 2.59. The van der Waals surface area contributed by atoms with Crippen LogP contribution >= 0.6 is 0 Å². The van der Waals surface area contributed by atoms with E-state index in [1.807, 2.05) is 37.3 Å². The van der Waals surface area contributed by atoms with Gasteiger partial charge in [0.25, 0.3) is 5.91 Å². The van der Waals surface area contributed by atoms with Crippen LogP contribution in [0.4, 0.5) is 0 Å². The van der Waals surface area contributed by atoms with E-state index >= 15 is 0 Å². The van der Waals surface area contributed by atoms with Gasteiger partial charge in [0.1, 0.15) is 0 Å². The van der Waals surface area contributed by atoms with Gasteiger partial charge < -0.3 is 10.1 Å². The van der Waals surface area contributed by atoms with Crippen LogP contribution in [0.5, 0.6) is 0 Å². The zero-order valence-electron chi connectivity index (χ0n) is 13.1. The molecule has 3 rings (SSSR count). The van der Waals surface area contributed by atoms with Crippen molar-refractivity contribution < 1.29 is 9.53 Å². The van der Waals surface area contributed by atoms with Crippen molar-refractivity contribution in [2.24, 2.45) is 0 Å². The van der Waals surface area contributed by atoms with Crippen LogP contribution in [0.1, 0.15) is 23.7 Å². The lowest BCUT2D eigenvalue weighted by Gasteiger charge is -2.06. The third-order valence-corrected chi connectivity index (χ3v) is 3.56. The van der Waals surface area contributed by atoms with Crippen LogP contribution in [-0.4, -0.2) is 35.6 Å². The highest BCUT2D eigenvalue weighted by Gasteiger charge is 2.08. The number of hydrogen-bond donors (Lipinski definition) is 1. The molecule has 1 amide bonds. The SMILES string of the molecule is CCOCCCNC(=O)c1ccc2nc3ccccc3nc2c1. The van der Waals surface area contributed by atoms with E-state index in [1.165, 1.54) is 0 Å². The summed E-state index contributed by atoms with van der Waals surface area (Å²) in [7, 11) is 0. The van der Waals surface area contributed by atoms with Crippen molar-refractivity contribution in [1.82, 2.24) is 15.3 Å². The van der Waals surface area contributed by atoms with E-state index in [-0.39, 0.29) is 5.91 Å². The highest BCUT2D eigenvalue weighted by atomic mass is 16.5. The van der Waals surface area contributed by atoms with Gasteiger partial charge in [0.2, 0.25) is 0 Å². The molecular weight excluding hydrogens is 290 g/mol. The fraction of sp³-hybridized carbons (Fsp3) is 0.278. The smallest absolute Gasteiger partial charge is 0.251 e. The Morgan fingerprint density at radius 1 is 1.04 bits per heavy atom. The first-order valence-electron chi connectivity index (χ1n) is 7.80. The maximum atomic E-state index is 12.2. The molecular formula is C18H19N3O2. The number of nitrogens with one attached hydrogen (secondary N) is 1. The normalized spacial score (nSPS) is 11.0. The zero-order valence-corrected chi connectivity index (χ0v) is 13.1. The maximum absolute atomic E-state index is 12.2. The van der Waals surface area contributed by atoms with Gasteiger partial charge in [-0.25, -0.2) is 9.97 Å². The number of fused-ring (bicyclic) bond motifs is 2. The Bertz CT molecular complexity index is 833. The number of aromatic nitrogens is 2. The Balaban J connectivity index is 1.76. The second-order valence-corrected chi connectivity index (χ2v) is 5.22. The number of amides is 1. The molecule has 5 heteroatoms. The van der Waals surface area contributed by atoms with Crippen LogP contribution in [0.15, 0.2) is 42.5 Å². The highest BCUT2D eigenvalue weighted by Crippen LogP contribution is 2.17. The van der Waals surface area contributed by atoms with E-state index in [9.17, 15) is 4.79 Å². The molecule has 5 nitrogen and oxygen atoms in total. The fourth-order valence-corrected chi connectivity index (χ4v) is 2.38. The molecule has 3 aromatic rings. The Labute approximate surface area is 134 Å². The van der Waals surface area contributed by atoms with E-state index in [1.54, 1.807) is 12.1 Å². The molecule has 0 atom stereocenters. The molecule has 0 spiro atoms. The predicted molar refractivity (Wildman–Crippen MR) is 90.5 cm³/mol. The highest BCUT2D eigenvalue weighted by molar-refractivity contribution is 5.98. The summed E-state index contributed by atoms with van der Waals surface area (Å²) in [6, 6.07) is 13.1. The van der Waals surface area contributed by atoms with E-state index in [0.717, 1.165) is 28.5 Å². The predicted octanol–water partition coefficient (Wildman–Crippen LogP) is 2.94. The van der Waals surface area contributed by atoms with Gasteiger partial charge in [-0.15, -0.1) is 0 Å². The first kappa shape index (κ1) is 15.4. The van der Waals surface area contributed by atoms with E-state index in [2.05, 4.69) is 15.3 Å². The minimum atomic E-state index is -0.0987. The molecule has 0 radical (unpaired) electrons. The number of nitrogens with zero attached hydrogens (tertiary/aromatic N) is 2. The van der Waals surface area contributed by atoms with Crippen LogP contribution in [0.25, 0.3) is 22.1 Å². The summed E-state index contributed by atoms with van der Waals surface area (Å²) < 4.78 is 5.25. The van der Waals surface area contributed by atoms with Gasteiger partial charge in [-0.2, -0.15) is 0 Å². The lowest BCUT2D eigenvalue weighted by Crippen LogP contribution is -2.25. The summed E-state index contributed by atoms with van der Waals surface area (Å²) in [5.41, 5.74) is 3.79. The van der Waals surface area contributed by atoms with Crippen LogP contribution in [-0.2, 0) is 4.74 Å². The van der Waals surface area contributed by atoms with Gasteiger partial charge >= 0.3 is 0 Å². The molecule has 0 aliphatic rings. The van der Waals surface area contributed by atoms with Crippen molar-refractivity contribution in [2.75, 3.05) is 19.8 Å². The van der Waals surface area contributed by atoms with Crippen LogP contribution in [0.2, 0.25) is 0 Å². The molecule has 0 fully saturated rings. The van der Waals surface area contributed by atoms with Crippen molar-refractivity contribution in [3.05, 3.63) is 48.0 Å². The Morgan fingerprint density at radius 3 is 2.48 bits per heavy atom. The van der Waals surface area contributed by atoms with Gasteiger partial charge in [-0.1, -0.05) is 12.1 Å². The average molecular weight is 309 g/mol. The van der Waals surface area contributed by atoms with Crippen LogP contribution < -0.4 is 5.32 Å². The molecule has 0 saturated carbocycles. The van der Waals surface area contributed by atoms with Crippen molar-refractivity contribution >= 4 is 28.0 Å². The Morgan fingerprint density at radius 2 is 1.74 bits per heavy atom. The molecule has 0 aliphatic heterocycles. The summed E-state index contributed by atoms with van der Waals surface area (Å²) >= 11 is 0. The lowest BCUT2D eigenvalue weighted by atomic mass is 10.1. The molecule has 2 aromatic carbocycles. The summed E-state index contributed by atoms with van der Waals surface area (Å²) in [5, 5.41) is 2.89. The van der Waals surface area contributed by atoms with Crippen molar-refractivity contribution in [1.29, 1.82) is 0 Å². The topological polar surface area (TPSA) is 64.1 Å². The maximum Gasteiger partial charge on any atom is 0.251 e. The van der Waals surface area contributed by atoms with Crippen molar-refractivity contribution in [3.8, 4) is 0 Å². The number of carbonyl (C=O) groups is 1. The first-order valence-corrected chi connectivity index (χ1v) is 7.80. The molecule has 23 heavy (non-hydrogen) atoms. The van der Waals surface area contributed by atoms with Crippen LogP contribution in [0, 0.1) is 0 Å². The van der Waals surface area contributed by atoms with E-state index in [0.29, 0.717) is 25.3 Å². The Hall–Kier alpha value is -2.53. The van der Waals surface area contributed by atoms with E-state index < -0.39 is 0 Å². The first-order chi connectivity index (χ1) is 11.3. The summed E-state index contributed by atoms with van der Waals surface area (Å²) in [6.45, 7) is 3.91. The van der Waals surface area contributed by atoms with Gasteiger partial charge in [0.15, 0.2) is 0 Å². The summed E-state index contributed by atoms with van der Waals surface area (Å²) in [4.78, 5) is 21.3. The number of para-hydroxylation sites is 2. The zero-order chi connectivity index (χ0) is 16.1. The van der Waals surface area contributed by atoms with Gasteiger partial charge in [-0.05, 0) is 43.7 Å². The monoisotopic (exact) mass is 309 g/mol. The molecule has 0 aliphatic carbocycles. The number of carbonyl (C=O) groups excluding carboxylic acids is 1. The minimum Gasteiger partial charge on any atom is -0.382 e. The quantitative estimate of drug-likeness (QED) is 0.561. The fourth-order valence-electron chi connectivity index (χ4n) is 2.38. The lowest BCUT2D eigenvalue weighted by molar-refractivity contribution is 0.0944. The number of rotatable bonds is 6. The Kier molecular flexibility index (Phi) is 4.78. The molecule has 0 saturated heterocycles. The molecule has 0 unspecified atom stereocenters. The number of ether oxygens (including phenoxy) is 1. The number of benzene rings is 2. The second-order valence-electron chi connectivity index (χ2n) is 5.22. The molecule has 1 heterocycles. The standard InChI is InChI=1S/C18H19N3O2/c1-2-23-11-5-10-19-18(22)13-8-9-16-17(12-13)21-15-7-4-3-6-14(15)20-16/h3-4,6-9,12H,2,5,10-11H2,1H3,(H,19,22). The van der Waals surface area contributed by atoms with Gasteiger partial charge in [-0.3, -0.25) is 4.79 Å². The van der Waals surface area contributed by atoms with Gasteiger partial charge in [0, 0.05) is 25.3 Å². The summed E-state index contributed by atoms with van der Waals surface area (Å²) in [5.74, 6) is -0.0987. The van der Waals surface area contributed by atoms with Gasteiger partial charge in [0.05, 0.1) is 22.1 Å². The third-order valence-electron chi connectivity index (χ3n) is 3.56. The molecule has 118 valence electrons. The van der Waals surface area contributed by atoms with Crippen molar-refractivity contribution in [3.63, 3.8) is 0 Å². The molecule has 1 N–H and O–H groups in total. The number of hydrogen-bond acceptors (Lipinski definition) is 4. The van der Waals surface area contributed by atoms with Crippen LogP contribution in [0.3, 0.4) is 0 Å². The second kappa shape index (κ2) is 7.15.